The molecular weight excluding hydrogens is 592 g/mol. The highest BCUT2D eigenvalue weighted by Crippen LogP contribution is 2.39. The fourth-order valence-corrected chi connectivity index (χ4v) is 5.76. The van der Waals surface area contributed by atoms with E-state index in [2.05, 4.69) is 61.4 Å². The lowest BCUT2D eigenvalue weighted by Crippen LogP contribution is -2.44. The van der Waals surface area contributed by atoms with Gasteiger partial charge >= 0.3 is 0 Å². The Morgan fingerprint density at radius 3 is 2.45 bits per heavy atom. The molecule has 0 aliphatic carbocycles. The zero-order valence-corrected chi connectivity index (χ0v) is 26.8. The van der Waals surface area contributed by atoms with Crippen molar-refractivity contribution in [2.45, 2.75) is 0 Å². The van der Waals surface area contributed by atoms with Gasteiger partial charge in [0.05, 0.1) is 37.0 Å². The summed E-state index contributed by atoms with van der Waals surface area (Å²) in [5, 5.41) is 17.4. The number of carbonyl (C=O) groups is 1. The Labute approximate surface area is 273 Å². The summed E-state index contributed by atoms with van der Waals surface area (Å²) >= 11 is 0. The Kier molecular flexibility index (Phi) is 9.04. The molecule has 0 saturated carbocycles. The van der Waals surface area contributed by atoms with E-state index < -0.39 is 5.91 Å². The second kappa shape index (κ2) is 13.6. The monoisotopic (exact) mass is 628 g/mol. The summed E-state index contributed by atoms with van der Waals surface area (Å²) in [6, 6.07) is 23.0. The highest BCUT2D eigenvalue weighted by Gasteiger charge is 2.23. The normalized spacial score (nSPS) is 13.7. The number of anilines is 4. The van der Waals surface area contributed by atoms with Gasteiger partial charge in [-0.3, -0.25) is 4.79 Å². The minimum absolute atomic E-state index is 0.0599. The van der Waals surface area contributed by atoms with Gasteiger partial charge in [0, 0.05) is 73.7 Å². The van der Waals surface area contributed by atoms with E-state index >= 15 is 0 Å². The third-order valence-corrected chi connectivity index (χ3v) is 8.29. The van der Waals surface area contributed by atoms with Crippen molar-refractivity contribution in [1.82, 2.24) is 19.4 Å². The van der Waals surface area contributed by atoms with Gasteiger partial charge in [-0.25, -0.2) is 9.97 Å². The summed E-state index contributed by atoms with van der Waals surface area (Å²) in [5.41, 5.74) is 5.29. The first kappa shape index (κ1) is 31.1. The van der Waals surface area contributed by atoms with Crippen LogP contribution < -0.4 is 25.0 Å². The van der Waals surface area contributed by atoms with Gasteiger partial charge in [0.1, 0.15) is 23.1 Å². The number of ether oxygens (including phenoxy) is 2. The number of rotatable bonds is 9. The number of nitrogens with zero attached hydrogens (tertiary/aromatic N) is 6. The Morgan fingerprint density at radius 2 is 1.68 bits per heavy atom. The van der Waals surface area contributed by atoms with Crippen molar-refractivity contribution in [3.8, 4) is 28.8 Å². The third-order valence-electron chi connectivity index (χ3n) is 8.29. The standard InChI is InChI=1S/C36H36N8O3/c1-42-15-17-44(18-16-42)32-21-34(47-4)30(20-29(32)39-35(45)25(22-37)19-24-9-5-8-12-33(24)46-3)41-36-38-14-13-28(40-36)27-23-43(2)31-11-7-6-10-26(27)31/h5-14,19-21,23H,15-18H2,1-4H3,(H,39,45)(H,38,40,41)/b25-19+. The van der Waals surface area contributed by atoms with Gasteiger partial charge in [-0.1, -0.05) is 36.4 Å². The van der Waals surface area contributed by atoms with E-state index in [1.165, 1.54) is 6.08 Å². The van der Waals surface area contributed by atoms with Crippen molar-refractivity contribution in [3.63, 3.8) is 0 Å². The van der Waals surface area contributed by atoms with Crippen LogP contribution in [0.3, 0.4) is 0 Å². The topological polar surface area (TPSA) is 121 Å². The number of methoxy groups -OCH3 is 2. The molecular formula is C36H36N8O3. The van der Waals surface area contributed by atoms with Crippen LogP contribution in [0.4, 0.5) is 23.0 Å². The van der Waals surface area contributed by atoms with Crippen LogP contribution in [0.2, 0.25) is 0 Å². The minimum atomic E-state index is -0.542. The summed E-state index contributed by atoms with van der Waals surface area (Å²) < 4.78 is 13.3. The smallest absolute Gasteiger partial charge is 0.266 e. The van der Waals surface area contributed by atoms with Gasteiger partial charge < -0.3 is 34.5 Å². The van der Waals surface area contributed by atoms with Crippen LogP contribution in [0.5, 0.6) is 11.5 Å². The number of aryl methyl sites for hydroxylation is 1. The number of piperazine rings is 1. The average molecular weight is 629 g/mol. The zero-order valence-electron chi connectivity index (χ0n) is 26.8. The molecule has 0 unspecified atom stereocenters. The number of likely N-dealkylation sites (N-methyl/N-ethyl adjacent to an activating group) is 1. The van der Waals surface area contributed by atoms with Crippen molar-refractivity contribution in [2.24, 2.45) is 7.05 Å². The van der Waals surface area contributed by atoms with Crippen molar-refractivity contribution in [2.75, 3.05) is 63.0 Å². The van der Waals surface area contributed by atoms with Crippen molar-refractivity contribution in [3.05, 3.63) is 90.3 Å². The summed E-state index contributed by atoms with van der Waals surface area (Å²) in [6.07, 6.45) is 5.29. The maximum Gasteiger partial charge on any atom is 0.266 e. The Morgan fingerprint density at radius 1 is 0.936 bits per heavy atom. The molecule has 1 aliphatic heterocycles. The summed E-state index contributed by atoms with van der Waals surface area (Å²) in [6.45, 7) is 3.24. The average Bonchev–Trinajstić information content (AvgIpc) is 3.44. The van der Waals surface area contributed by atoms with Crippen molar-refractivity contribution >= 4 is 45.9 Å². The molecule has 1 fully saturated rings. The van der Waals surface area contributed by atoms with Crippen molar-refractivity contribution in [1.29, 1.82) is 5.26 Å². The van der Waals surface area contributed by atoms with Gasteiger partial charge in [-0.15, -0.1) is 0 Å². The Balaban J connectivity index is 1.37. The molecule has 238 valence electrons. The molecule has 2 aromatic heterocycles. The number of nitriles is 1. The number of benzene rings is 3. The summed E-state index contributed by atoms with van der Waals surface area (Å²) in [5.74, 6) is 0.945. The summed E-state index contributed by atoms with van der Waals surface area (Å²) in [7, 11) is 7.25. The van der Waals surface area contributed by atoms with Crippen LogP contribution in [-0.4, -0.2) is 72.8 Å². The number of nitrogens with one attached hydrogen (secondary N) is 2. The molecule has 1 amide bonds. The second-order valence-corrected chi connectivity index (χ2v) is 11.3. The fraction of sp³-hybridized carbons (Fsp3) is 0.222. The van der Waals surface area contributed by atoms with E-state index in [0.717, 1.165) is 54.0 Å². The molecule has 11 heteroatoms. The lowest BCUT2D eigenvalue weighted by molar-refractivity contribution is -0.112. The van der Waals surface area contributed by atoms with Crippen LogP contribution in [0, 0.1) is 11.3 Å². The van der Waals surface area contributed by atoms with Crippen LogP contribution in [0.25, 0.3) is 28.2 Å². The highest BCUT2D eigenvalue weighted by molar-refractivity contribution is 6.11. The number of hydrogen-bond donors (Lipinski definition) is 2. The van der Waals surface area contributed by atoms with Crippen LogP contribution in [0.15, 0.2) is 84.7 Å². The first-order chi connectivity index (χ1) is 22.9. The van der Waals surface area contributed by atoms with Crippen LogP contribution >= 0.6 is 0 Å². The first-order valence-electron chi connectivity index (χ1n) is 15.2. The third kappa shape index (κ3) is 6.59. The van der Waals surface area contributed by atoms with E-state index in [9.17, 15) is 10.1 Å². The molecule has 0 spiro atoms. The largest absolute Gasteiger partial charge is 0.496 e. The second-order valence-electron chi connectivity index (χ2n) is 11.3. The molecule has 3 heterocycles. The number of carbonyl (C=O) groups excluding carboxylic acids is 1. The lowest BCUT2D eigenvalue weighted by Gasteiger charge is -2.35. The molecule has 5 aromatic rings. The van der Waals surface area contributed by atoms with E-state index in [4.69, 9.17) is 14.5 Å². The number of hydrogen-bond acceptors (Lipinski definition) is 9. The van der Waals surface area contributed by atoms with E-state index in [-0.39, 0.29) is 5.57 Å². The molecule has 1 saturated heterocycles. The van der Waals surface area contributed by atoms with Gasteiger partial charge in [0.2, 0.25) is 5.95 Å². The molecule has 0 atom stereocenters. The Bertz CT molecular complexity index is 2000. The number of aromatic nitrogens is 3. The number of amides is 1. The maximum absolute atomic E-state index is 13.6. The first-order valence-corrected chi connectivity index (χ1v) is 15.2. The SMILES string of the molecule is COc1ccccc1/C=C(\C#N)C(=O)Nc1cc(Nc2nccc(-c3cn(C)c4ccccc34)n2)c(OC)cc1N1CCN(C)CC1. The fourth-order valence-electron chi connectivity index (χ4n) is 5.76. The minimum Gasteiger partial charge on any atom is -0.496 e. The highest BCUT2D eigenvalue weighted by atomic mass is 16.5. The zero-order chi connectivity index (χ0) is 32.9. The van der Waals surface area contributed by atoms with Crippen molar-refractivity contribution < 1.29 is 14.3 Å². The summed E-state index contributed by atoms with van der Waals surface area (Å²) in [4.78, 5) is 27.4. The molecule has 3 aromatic carbocycles. The quantitative estimate of drug-likeness (QED) is 0.157. The predicted molar refractivity (Wildman–Crippen MR) is 185 cm³/mol. The van der Waals surface area contributed by atoms with E-state index in [1.807, 2.05) is 43.4 Å². The number of fused-ring (bicyclic) bond motifs is 1. The molecule has 47 heavy (non-hydrogen) atoms. The molecule has 0 bridgehead atoms. The van der Waals surface area contributed by atoms with Gasteiger partial charge in [-0.2, -0.15) is 5.26 Å². The predicted octanol–water partition coefficient (Wildman–Crippen LogP) is 5.69. The lowest BCUT2D eigenvalue weighted by atomic mass is 10.1. The maximum atomic E-state index is 13.6. The van der Waals surface area contributed by atoms with Crippen LogP contribution in [0.1, 0.15) is 5.56 Å². The molecule has 2 N–H and O–H groups in total. The van der Waals surface area contributed by atoms with E-state index in [1.54, 1.807) is 38.6 Å². The molecule has 0 radical (unpaired) electrons. The van der Waals surface area contributed by atoms with Gasteiger partial charge in [-0.05, 0) is 37.4 Å². The van der Waals surface area contributed by atoms with Gasteiger partial charge in [0.25, 0.3) is 5.91 Å². The van der Waals surface area contributed by atoms with E-state index in [0.29, 0.717) is 34.4 Å². The molecule has 1 aliphatic rings. The van der Waals surface area contributed by atoms with Gasteiger partial charge in [0.15, 0.2) is 0 Å². The number of para-hydroxylation sites is 2. The van der Waals surface area contributed by atoms with Crippen LogP contribution in [-0.2, 0) is 11.8 Å². The molecule has 11 nitrogen and oxygen atoms in total. The molecule has 6 rings (SSSR count). The Hall–Kier alpha value is -5.86.